The smallest absolute Gasteiger partial charge is 0.352 e. The number of hydrogen-bond donors (Lipinski definition) is 2. The molecule has 4 rings (SSSR count). The number of aliphatic hydroxyl groups excluding tert-OH is 1. The second kappa shape index (κ2) is 6.56. The van der Waals surface area contributed by atoms with Crippen LogP contribution in [0.3, 0.4) is 0 Å². The van der Waals surface area contributed by atoms with E-state index in [1.165, 1.54) is 4.90 Å². The number of aryl methyl sites for hydroxylation is 2. The molecule has 2 aliphatic rings. The van der Waals surface area contributed by atoms with E-state index in [0.717, 1.165) is 21.2 Å². The molecule has 4 heterocycles. The summed E-state index contributed by atoms with van der Waals surface area (Å²) in [4.78, 5) is 27.7. The lowest BCUT2D eigenvalue weighted by atomic mass is 9.77. The van der Waals surface area contributed by atoms with Gasteiger partial charge in [-0.05, 0) is 6.92 Å². The van der Waals surface area contributed by atoms with Gasteiger partial charge in [0.05, 0.1) is 30.0 Å². The first-order chi connectivity index (χ1) is 12.2. The van der Waals surface area contributed by atoms with Crippen LogP contribution in [0, 0.1) is 25.7 Å². The number of amides is 1. The monoisotopic (exact) mass is 503 g/mol. The summed E-state index contributed by atoms with van der Waals surface area (Å²) >= 11 is 1.54. The van der Waals surface area contributed by atoms with Crippen LogP contribution in [0.15, 0.2) is 11.9 Å². The molecule has 1 saturated heterocycles. The van der Waals surface area contributed by atoms with Gasteiger partial charge in [-0.15, -0.1) is 0 Å². The second-order valence-electron chi connectivity index (χ2n) is 7.28. The van der Waals surface area contributed by atoms with Gasteiger partial charge in [0, 0.05) is 25.3 Å². The predicted molar refractivity (Wildman–Crippen MR) is 95.4 cm³/mol. The first kappa shape index (κ1) is 20.3. The molecule has 27 heavy (non-hydrogen) atoms. The molecular weight excluding hydrogens is 481 g/mol. The van der Waals surface area contributed by atoms with E-state index in [1.54, 1.807) is 18.3 Å². The number of imidazole rings is 1. The Balaban J connectivity index is 0.00000210. The normalized spacial score (nSPS) is 25.5. The minimum Gasteiger partial charge on any atom is -1.00 e. The van der Waals surface area contributed by atoms with Gasteiger partial charge < -0.3 is 39.1 Å². The number of carboxylic acids is 1. The molecule has 0 radical (unpaired) electrons. The number of hydrogen-bond acceptors (Lipinski definition) is 4. The van der Waals surface area contributed by atoms with Crippen molar-refractivity contribution in [3.8, 4) is 0 Å². The largest absolute Gasteiger partial charge is 1.00 e. The van der Waals surface area contributed by atoms with Gasteiger partial charge in [-0.1, -0.05) is 18.3 Å². The average Bonchev–Trinajstić information content (AvgIpc) is 3.15. The van der Waals surface area contributed by atoms with Crippen LogP contribution in [-0.4, -0.2) is 43.7 Å². The van der Waals surface area contributed by atoms with Crippen LogP contribution in [0.25, 0.3) is 10.4 Å². The zero-order chi connectivity index (χ0) is 19.1. The molecular formula is C18H22IN3O4S. The molecule has 1 fully saturated rings. The molecule has 2 aromatic heterocycles. The van der Waals surface area contributed by atoms with E-state index >= 15 is 0 Å². The number of thiazole rings is 1. The van der Waals surface area contributed by atoms with Crippen molar-refractivity contribution in [2.75, 3.05) is 0 Å². The summed E-state index contributed by atoms with van der Waals surface area (Å²) in [7, 11) is 2.00. The number of β-lactam (4-membered cyclic amide) rings is 1. The third-order valence-corrected chi connectivity index (χ3v) is 7.19. The third kappa shape index (κ3) is 2.51. The summed E-state index contributed by atoms with van der Waals surface area (Å²) in [5.41, 5.74) is 1.87. The van der Waals surface area contributed by atoms with Crippen LogP contribution in [-0.2, 0) is 16.6 Å². The first-order valence-corrected chi connectivity index (χ1v) is 9.44. The summed E-state index contributed by atoms with van der Waals surface area (Å²) < 4.78 is 4.17. The maximum Gasteiger partial charge on any atom is 0.352 e. The van der Waals surface area contributed by atoms with Crippen molar-refractivity contribution in [2.45, 2.75) is 39.8 Å². The fourth-order valence-corrected chi connectivity index (χ4v) is 5.74. The lowest BCUT2D eigenvalue weighted by Crippen LogP contribution is -3.00. The summed E-state index contributed by atoms with van der Waals surface area (Å²) in [6.07, 6.45) is 1.17. The van der Waals surface area contributed by atoms with Crippen molar-refractivity contribution in [2.24, 2.45) is 18.9 Å². The van der Waals surface area contributed by atoms with Gasteiger partial charge in [0.1, 0.15) is 11.9 Å². The number of aliphatic hydroxyl groups is 1. The maximum absolute atomic E-state index is 12.5. The van der Waals surface area contributed by atoms with Crippen molar-refractivity contribution >= 4 is 33.6 Å². The molecule has 2 N–H and O–H groups in total. The maximum atomic E-state index is 12.5. The Morgan fingerprint density at radius 3 is 2.52 bits per heavy atom. The molecule has 2 aromatic rings. The Labute approximate surface area is 177 Å². The molecule has 2 aliphatic heterocycles. The molecule has 0 aromatic carbocycles. The van der Waals surface area contributed by atoms with Crippen LogP contribution in [0.2, 0.25) is 0 Å². The van der Waals surface area contributed by atoms with Gasteiger partial charge in [-0.2, -0.15) is 4.40 Å². The van der Waals surface area contributed by atoms with E-state index in [0.29, 0.717) is 5.57 Å². The zero-order valence-corrected chi connectivity index (χ0v) is 18.7. The quantitative estimate of drug-likeness (QED) is 0.291. The summed E-state index contributed by atoms with van der Waals surface area (Å²) in [5.74, 6) is -1.01. The average molecular weight is 503 g/mol. The Kier molecular flexibility index (Phi) is 4.92. The number of aliphatic carboxylic acids is 1. The molecule has 4 atom stereocenters. The molecule has 0 bridgehead atoms. The highest BCUT2D eigenvalue weighted by Gasteiger charge is 2.60. The van der Waals surface area contributed by atoms with E-state index in [9.17, 15) is 19.8 Å². The van der Waals surface area contributed by atoms with Gasteiger partial charge in [0.2, 0.25) is 10.7 Å². The highest BCUT2D eigenvalue weighted by Crippen LogP contribution is 2.51. The number of carbonyl (C=O) groups excluding carboxylic acids is 1. The van der Waals surface area contributed by atoms with Crippen molar-refractivity contribution in [1.29, 1.82) is 0 Å². The fourth-order valence-electron chi connectivity index (χ4n) is 4.41. The van der Waals surface area contributed by atoms with Gasteiger partial charge in [0.25, 0.3) is 5.82 Å². The molecule has 0 aliphatic carbocycles. The second-order valence-corrected chi connectivity index (χ2v) is 8.31. The van der Waals surface area contributed by atoms with Crippen molar-refractivity contribution < 1.29 is 48.2 Å². The molecule has 9 heteroatoms. The Hall–Kier alpha value is -1.46. The van der Waals surface area contributed by atoms with Crippen LogP contribution < -0.4 is 28.4 Å². The highest BCUT2D eigenvalue weighted by molar-refractivity contribution is 7.18. The zero-order valence-electron chi connectivity index (χ0n) is 15.7. The highest BCUT2D eigenvalue weighted by atomic mass is 127. The number of carboxylic acid groups (broad SMARTS) is 1. The van der Waals surface area contributed by atoms with E-state index in [4.69, 9.17) is 0 Å². The Morgan fingerprint density at radius 2 is 2.00 bits per heavy atom. The molecule has 0 spiro atoms. The standard InChI is InChI=1S/C18H21N3O4S.HI/c1-7-12(11-6-20-10(4)19(5)8(2)17(20)26-11)15(18(24)25)21-14(7)13(9(3)22)16(21)23;/h6-7,9,13-14,22H,1-5H3;1H/t7-,9+,13+,14+;/m0./s1. The summed E-state index contributed by atoms with van der Waals surface area (Å²) in [6.45, 7) is 7.58. The lowest BCUT2D eigenvalue weighted by molar-refractivity contribution is -0.516. The minimum atomic E-state index is -1.09. The number of nitrogens with zero attached hydrogens (tertiary/aromatic N) is 3. The van der Waals surface area contributed by atoms with Crippen molar-refractivity contribution in [3.05, 3.63) is 28.3 Å². The summed E-state index contributed by atoms with van der Waals surface area (Å²) in [6, 6.07) is -0.289. The van der Waals surface area contributed by atoms with Gasteiger partial charge in [0.15, 0.2) is 5.69 Å². The van der Waals surface area contributed by atoms with Crippen LogP contribution in [0.1, 0.15) is 30.2 Å². The molecule has 7 nitrogen and oxygen atoms in total. The molecule has 1 amide bonds. The first-order valence-electron chi connectivity index (χ1n) is 8.62. The van der Waals surface area contributed by atoms with Crippen LogP contribution >= 0.6 is 11.3 Å². The van der Waals surface area contributed by atoms with Crippen LogP contribution in [0.4, 0.5) is 0 Å². The fraction of sp³-hybridized carbons (Fsp3) is 0.500. The number of fused-ring (bicyclic) bond motifs is 2. The van der Waals surface area contributed by atoms with Gasteiger partial charge in [-0.25, -0.2) is 9.36 Å². The van der Waals surface area contributed by atoms with Crippen LogP contribution in [0.5, 0.6) is 0 Å². The van der Waals surface area contributed by atoms with E-state index in [1.807, 2.05) is 34.0 Å². The number of carbonyl (C=O) groups is 2. The van der Waals surface area contributed by atoms with E-state index < -0.39 is 18.0 Å². The molecule has 0 unspecified atom stereocenters. The van der Waals surface area contributed by atoms with Crippen molar-refractivity contribution in [1.82, 2.24) is 9.47 Å². The number of aromatic nitrogens is 2. The number of rotatable bonds is 3. The lowest BCUT2D eigenvalue weighted by Gasteiger charge is -2.46. The SMILES string of the molecule is Cc1c2sc(C3=C(C(=O)O)N4C(=O)[C@H]([C@@H](C)O)[C@H]4[C@H]3C)c[n+]2c(C)n1C.[I-]. The van der Waals surface area contributed by atoms with Gasteiger partial charge >= 0.3 is 5.97 Å². The summed E-state index contributed by atoms with van der Waals surface area (Å²) in [5, 5.41) is 19.7. The Bertz CT molecular complexity index is 969. The van der Waals surface area contributed by atoms with Gasteiger partial charge in [-0.3, -0.25) is 4.79 Å². The molecule has 0 saturated carbocycles. The van der Waals surface area contributed by atoms with E-state index in [-0.39, 0.29) is 47.5 Å². The minimum absolute atomic E-state index is 0. The topological polar surface area (TPSA) is 86.9 Å². The van der Waals surface area contributed by atoms with E-state index in [2.05, 4.69) is 8.97 Å². The Morgan fingerprint density at radius 1 is 1.37 bits per heavy atom. The molecule has 146 valence electrons. The predicted octanol–water partition coefficient (Wildman–Crippen LogP) is -1.90. The van der Waals surface area contributed by atoms with Crippen molar-refractivity contribution in [3.63, 3.8) is 0 Å². The number of halogens is 1. The third-order valence-electron chi connectivity index (χ3n) is 5.96.